The fourth-order valence-electron chi connectivity index (χ4n) is 10.0. The third-order valence-corrected chi connectivity index (χ3v) is 16.3. The Kier molecular flexibility index (Phi) is 60.1. The first-order valence-electron chi connectivity index (χ1n) is 34.9. The molecule has 0 aromatic rings. The monoisotopic (exact) mass is 1180 g/mol. The van der Waals surface area contributed by atoms with Crippen LogP contribution in [0.4, 0.5) is 0 Å². The maximum Gasteiger partial charge on any atom is 0.472 e. The van der Waals surface area contributed by atoms with Crippen LogP contribution < -0.4 is 5.32 Å². The molecule has 0 fully saturated rings. The molecule has 9 nitrogen and oxygen atoms in total. The van der Waals surface area contributed by atoms with Crippen LogP contribution in [0.25, 0.3) is 0 Å². The fourth-order valence-corrected chi connectivity index (χ4v) is 10.7. The van der Waals surface area contributed by atoms with Crippen molar-refractivity contribution in [1.29, 1.82) is 0 Å². The number of likely N-dealkylation sites (N-methyl/N-ethyl adjacent to an activating group) is 1. The van der Waals surface area contributed by atoms with Crippen molar-refractivity contribution in [2.24, 2.45) is 0 Å². The molecule has 0 radical (unpaired) electrons. The van der Waals surface area contributed by atoms with E-state index in [1.54, 1.807) is 0 Å². The second kappa shape index (κ2) is 62.2. The van der Waals surface area contributed by atoms with Crippen molar-refractivity contribution >= 4 is 19.7 Å². The first-order valence-corrected chi connectivity index (χ1v) is 36.4. The van der Waals surface area contributed by atoms with Gasteiger partial charge in [0.05, 0.1) is 33.8 Å². The number of esters is 1. The first kappa shape index (κ1) is 80.2. The van der Waals surface area contributed by atoms with Gasteiger partial charge in [-0.05, 0) is 83.1 Å². The summed E-state index contributed by atoms with van der Waals surface area (Å²) in [6.07, 6.45) is 83.1. The number of unbranched alkanes of at least 4 members (excludes halogenated alkanes) is 35. The third kappa shape index (κ3) is 63.5. The number of carbonyl (C=O) groups excluding carboxylic acids is 2. The Morgan fingerprint density at radius 2 is 0.771 bits per heavy atom. The first-order chi connectivity index (χ1) is 40.4. The zero-order valence-electron chi connectivity index (χ0n) is 55.2. The van der Waals surface area contributed by atoms with E-state index in [1.165, 1.54) is 186 Å². The second-order valence-corrected chi connectivity index (χ2v) is 26.1. The van der Waals surface area contributed by atoms with E-state index < -0.39 is 20.0 Å². The highest BCUT2D eigenvalue weighted by molar-refractivity contribution is 7.47. The summed E-state index contributed by atoms with van der Waals surface area (Å²) in [5.74, 6) is -0.547. The molecule has 83 heavy (non-hydrogen) atoms. The minimum Gasteiger partial charge on any atom is -0.456 e. The van der Waals surface area contributed by atoms with Gasteiger partial charge in [-0.15, -0.1) is 0 Å². The normalized spacial score (nSPS) is 14.1. The van der Waals surface area contributed by atoms with E-state index in [2.05, 4.69) is 99.0 Å². The lowest BCUT2D eigenvalue weighted by atomic mass is 10.0. The highest BCUT2D eigenvalue weighted by Crippen LogP contribution is 2.43. The van der Waals surface area contributed by atoms with Crippen LogP contribution in [0.3, 0.4) is 0 Å². The number of nitrogens with zero attached hydrogens (tertiary/aromatic N) is 1. The fraction of sp³-hybridized carbons (Fsp3) is 0.781. The van der Waals surface area contributed by atoms with Crippen molar-refractivity contribution in [3.8, 4) is 0 Å². The quantitative estimate of drug-likeness (QED) is 0.0205. The molecule has 3 atom stereocenters. The van der Waals surface area contributed by atoms with E-state index >= 15 is 0 Å². The van der Waals surface area contributed by atoms with Gasteiger partial charge in [0.15, 0.2) is 0 Å². The van der Waals surface area contributed by atoms with Gasteiger partial charge in [-0.2, -0.15) is 0 Å². The van der Waals surface area contributed by atoms with Gasteiger partial charge in [0.25, 0.3) is 0 Å². The molecule has 10 heteroatoms. The zero-order valence-corrected chi connectivity index (χ0v) is 56.1. The number of rotatable bonds is 63. The van der Waals surface area contributed by atoms with Gasteiger partial charge in [-0.25, -0.2) is 4.57 Å². The van der Waals surface area contributed by atoms with Crippen LogP contribution >= 0.6 is 7.82 Å². The molecule has 0 bridgehead atoms. The summed E-state index contributed by atoms with van der Waals surface area (Å²) in [4.78, 5) is 37.9. The number of amides is 1. The summed E-state index contributed by atoms with van der Waals surface area (Å²) in [6.45, 7) is 6.91. The lowest BCUT2D eigenvalue weighted by Crippen LogP contribution is -2.47. The van der Waals surface area contributed by atoms with E-state index in [4.69, 9.17) is 13.8 Å². The second-order valence-electron chi connectivity index (χ2n) is 24.7. The summed E-state index contributed by atoms with van der Waals surface area (Å²) >= 11 is 0. The van der Waals surface area contributed by atoms with Crippen molar-refractivity contribution in [3.63, 3.8) is 0 Å². The zero-order chi connectivity index (χ0) is 60.7. The predicted molar refractivity (Wildman–Crippen MR) is 360 cm³/mol. The highest BCUT2D eigenvalue weighted by Gasteiger charge is 2.30. The van der Waals surface area contributed by atoms with E-state index in [1.807, 2.05) is 33.3 Å². The van der Waals surface area contributed by atoms with E-state index in [-0.39, 0.29) is 31.5 Å². The van der Waals surface area contributed by atoms with Gasteiger partial charge in [-0.1, -0.05) is 305 Å². The van der Waals surface area contributed by atoms with Gasteiger partial charge in [0.1, 0.15) is 19.3 Å². The Morgan fingerprint density at radius 1 is 0.434 bits per heavy atom. The number of quaternary nitrogens is 1. The van der Waals surface area contributed by atoms with Crippen LogP contribution in [0, 0.1) is 0 Å². The van der Waals surface area contributed by atoms with Crippen molar-refractivity contribution in [2.75, 3.05) is 40.9 Å². The average molecular weight is 1180 g/mol. The van der Waals surface area contributed by atoms with Gasteiger partial charge in [-0.3, -0.25) is 18.6 Å². The minimum atomic E-state index is -4.47. The summed E-state index contributed by atoms with van der Waals surface area (Å²) in [7, 11) is 1.47. The maximum absolute atomic E-state index is 13.6. The Balaban J connectivity index is 5.20. The number of phosphoric ester groups is 1. The number of ether oxygens (including phenoxy) is 1. The van der Waals surface area contributed by atoms with Crippen LogP contribution in [0.5, 0.6) is 0 Å². The molecular formula is C73H134N2O7P+. The largest absolute Gasteiger partial charge is 0.472 e. The molecule has 0 rings (SSSR count). The van der Waals surface area contributed by atoms with Gasteiger partial charge in [0, 0.05) is 12.8 Å². The maximum atomic E-state index is 13.6. The molecule has 0 aromatic carbocycles. The molecule has 0 aromatic heterocycles. The standard InChI is InChI=1S/C73H133N2O7P/c1-7-10-13-16-19-22-25-28-30-32-34-36-37-39-40-42-44-47-50-53-56-59-62-65-72(76)74-70(69-81-83(78,79)80-68-67-75(4,5)6)71(64-61-58-55-52-49-46-27-24-21-18-15-12-9-3)82-73(77)66-63-60-57-54-51-48-45-43-41-38-35-33-31-29-26-23-20-17-14-11-8-2/h11,14,20,23,29,31,35,38,43,45,51,54,61,64,70-71H,7-10,12-13,15-19,21-22,24-28,30,32-34,36-37,39-42,44,46-50,52-53,55-60,62-63,65-69H2,1-6H3,(H-,74,76,78,79)/p+1/b14-11-,23-20-,31-29-,38-35-,45-43-,54-51-,64-61+. The summed E-state index contributed by atoms with van der Waals surface area (Å²) < 4.78 is 30.8. The smallest absolute Gasteiger partial charge is 0.456 e. The van der Waals surface area contributed by atoms with Gasteiger partial charge < -0.3 is 19.4 Å². The lowest BCUT2D eigenvalue weighted by molar-refractivity contribution is -0.870. The topological polar surface area (TPSA) is 111 Å². The third-order valence-electron chi connectivity index (χ3n) is 15.3. The molecule has 482 valence electrons. The molecule has 0 spiro atoms. The molecule has 0 aliphatic carbocycles. The van der Waals surface area contributed by atoms with Crippen molar-refractivity contribution in [3.05, 3.63) is 85.1 Å². The van der Waals surface area contributed by atoms with E-state index in [0.29, 0.717) is 23.9 Å². The molecule has 2 N–H and O–H groups in total. The number of phosphoric acid groups is 1. The highest BCUT2D eigenvalue weighted by atomic mass is 31.2. The number of hydrogen-bond donors (Lipinski definition) is 2. The van der Waals surface area contributed by atoms with Crippen LogP contribution in [0.15, 0.2) is 85.1 Å². The molecule has 1 amide bonds. The van der Waals surface area contributed by atoms with Gasteiger partial charge in [0.2, 0.25) is 5.91 Å². The predicted octanol–water partition coefficient (Wildman–Crippen LogP) is 22.1. The van der Waals surface area contributed by atoms with E-state index in [9.17, 15) is 19.0 Å². The van der Waals surface area contributed by atoms with Crippen molar-refractivity contribution in [1.82, 2.24) is 5.32 Å². The molecule has 0 saturated carbocycles. The van der Waals surface area contributed by atoms with Gasteiger partial charge >= 0.3 is 13.8 Å². The Hall–Kier alpha value is -2.81. The molecule has 0 aliphatic heterocycles. The Bertz CT molecular complexity index is 1700. The molecule has 0 saturated heterocycles. The molecule has 0 heterocycles. The Labute approximate surface area is 514 Å². The van der Waals surface area contributed by atoms with Crippen LogP contribution in [0.2, 0.25) is 0 Å². The van der Waals surface area contributed by atoms with Crippen LogP contribution in [-0.2, 0) is 27.9 Å². The number of nitrogens with one attached hydrogen (secondary N) is 1. The van der Waals surface area contributed by atoms with Crippen molar-refractivity contribution in [2.45, 2.75) is 328 Å². The van der Waals surface area contributed by atoms with Crippen LogP contribution in [0.1, 0.15) is 316 Å². The number of allylic oxidation sites excluding steroid dienone is 13. The lowest BCUT2D eigenvalue weighted by Gasteiger charge is -2.27. The molecule has 3 unspecified atom stereocenters. The van der Waals surface area contributed by atoms with Crippen molar-refractivity contribution < 1.29 is 37.3 Å². The Morgan fingerprint density at radius 3 is 1.17 bits per heavy atom. The molecular weight excluding hydrogens is 1050 g/mol. The summed E-state index contributed by atoms with van der Waals surface area (Å²) in [5.41, 5.74) is 0. The SMILES string of the molecule is CC/C=C\C/C=C\C/C=C\C/C=C\C/C=C\C/C=C\CCCCC(=O)OC(/C=C/CCCCCCCCCCCCC)C(COP(=O)(O)OCC[N+](C)(C)C)NC(=O)CCCCCCCCCCCCCCCCCCCCCCCCC. The van der Waals surface area contributed by atoms with Crippen LogP contribution in [-0.4, -0.2) is 74.3 Å². The van der Waals surface area contributed by atoms with E-state index in [0.717, 1.165) is 89.9 Å². The number of carbonyl (C=O) groups is 2. The summed E-state index contributed by atoms with van der Waals surface area (Å²) in [5, 5.41) is 3.06. The minimum absolute atomic E-state index is 0.0314. The molecule has 0 aliphatic rings. The average Bonchev–Trinajstić information content (AvgIpc) is 3.47. The number of hydrogen-bond acceptors (Lipinski definition) is 6. The summed E-state index contributed by atoms with van der Waals surface area (Å²) in [6, 6.07) is -0.870.